The standard InChI is InChI=1S/C33H34N4O3/c1-7-9-25(17-30(38)39)24-12-14-26(15-13-24)40-19-23-16-28(32-35-31(21(2)3)36-37(32)18-23)27-10-8-11-29(22(27)4)33(5,6)20-34/h8,10-16,18,21,25H,17,19H2,1-6H3,(H,38,39). The van der Waals surface area contributed by atoms with Gasteiger partial charge in [-0.25, -0.2) is 9.50 Å². The third-order valence-corrected chi connectivity index (χ3v) is 6.98. The maximum atomic E-state index is 11.2. The van der Waals surface area contributed by atoms with Crippen molar-refractivity contribution >= 4 is 11.6 Å². The quantitative estimate of drug-likeness (QED) is 0.237. The molecule has 2 aromatic heterocycles. The van der Waals surface area contributed by atoms with Gasteiger partial charge < -0.3 is 9.84 Å². The number of aliphatic carboxylic acids is 1. The van der Waals surface area contributed by atoms with Gasteiger partial charge in [0.25, 0.3) is 0 Å². The SMILES string of the molecule is CC#CC(CC(=O)O)c1ccc(OCc2cc(-c3cccc(C(C)(C)C#N)c3C)c3nc(C(C)C)nn3c2)cc1. The fourth-order valence-electron chi connectivity index (χ4n) is 4.81. The number of aromatic nitrogens is 3. The highest BCUT2D eigenvalue weighted by atomic mass is 16.5. The maximum Gasteiger partial charge on any atom is 0.304 e. The predicted octanol–water partition coefficient (Wildman–Crippen LogP) is 6.79. The number of pyridine rings is 1. The number of hydrogen-bond donors (Lipinski definition) is 1. The van der Waals surface area contributed by atoms with Crippen LogP contribution in [0.4, 0.5) is 0 Å². The number of nitrogens with zero attached hydrogens (tertiary/aromatic N) is 4. The fourth-order valence-corrected chi connectivity index (χ4v) is 4.81. The molecule has 2 heterocycles. The highest BCUT2D eigenvalue weighted by Gasteiger charge is 2.24. The molecule has 40 heavy (non-hydrogen) atoms. The number of fused-ring (bicyclic) bond motifs is 1. The van der Waals surface area contributed by atoms with Gasteiger partial charge in [-0.3, -0.25) is 4.79 Å². The largest absolute Gasteiger partial charge is 0.489 e. The number of ether oxygens (including phenoxy) is 1. The van der Waals surface area contributed by atoms with Gasteiger partial charge in [0.15, 0.2) is 11.5 Å². The number of nitriles is 1. The van der Waals surface area contributed by atoms with Gasteiger partial charge in [0.05, 0.1) is 23.8 Å². The second-order valence-electron chi connectivity index (χ2n) is 10.8. The number of carboxylic acid groups (broad SMARTS) is 1. The van der Waals surface area contributed by atoms with Crippen LogP contribution in [0.1, 0.15) is 81.0 Å². The van der Waals surface area contributed by atoms with Crippen molar-refractivity contribution in [3.8, 4) is 34.8 Å². The molecule has 4 aromatic rings. The van der Waals surface area contributed by atoms with E-state index in [4.69, 9.17) is 14.8 Å². The van der Waals surface area contributed by atoms with Crippen LogP contribution in [0.2, 0.25) is 0 Å². The van der Waals surface area contributed by atoms with Crippen molar-refractivity contribution in [1.29, 1.82) is 5.26 Å². The van der Waals surface area contributed by atoms with Crippen molar-refractivity contribution in [3.63, 3.8) is 0 Å². The topological polar surface area (TPSA) is 101 Å². The van der Waals surface area contributed by atoms with E-state index in [1.807, 2.05) is 67.9 Å². The summed E-state index contributed by atoms with van der Waals surface area (Å²) >= 11 is 0. The fraction of sp³-hybridized carbons (Fsp3) is 0.333. The van der Waals surface area contributed by atoms with Crippen molar-refractivity contribution in [2.75, 3.05) is 0 Å². The van der Waals surface area contributed by atoms with Crippen LogP contribution in [0.3, 0.4) is 0 Å². The Labute approximate surface area is 235 Å². The molecule has 0 saturated heterocycles. The Hall–Kier alpha value is -4.62. The third kappa shape index (κ3) is 6.00. The molecule has 0 saturated carbocycles. The van der Waals surface area contributed by atoms with E-state index in [-0.39, 0.29) is 18.3 Å². The van der Waals surface area contributed by atoms with Crippen LogP contribution in [0.25, 0.3) is 16.8 Å². The summed E-state index contributed by atoms with van der Waals surface area (Å²) in [5, 5.41) is 23.7. The second-order valence-corrected chi connectivity index (χ2v) is 10.8. The monoisotopic (exact) mass is 534 g/mol. The van der Waals surface area contributed by atoms with Gasteiger partial charge in [0, 0.05) is 23.2 Å². The smallest absolute Gasteiger partial charge is 0.304 e. The van der Waals surface area contributed by atoms with Crippen LogP contribution < -0.4 is 4.74 Å². The van der Waals surface area contributed by atoms with E-state index in [9.17, 15) is 15.2 Å². The van der Waals surface area contributed by atoms with Crippen LogP contribution >= 0.6 is 0 Å². The molecule has 0 aliphatic heterocycles. The summed E-state index contributed by atoms with van der Waals surface area (Å²) < 4.78 is 7.94. The molecule has 1 atom stereocenters. The maximum absolute atomic E-state index is 11.2. The van der Waals surface area contributed by atoms with Crippen LogP contribution in [0.15, 0.2) is 54.7 Å². The van der Waals surface area contributed by atoms with Gasteiger partial charge in [0.1, 0.15) is 12.4 Å². The lowest BCUT2D eigenvalue weighted by Crippen LogP contribution is -2.16. The van der Waals surface area contributed by atoms with E-state index in [2.05, 4.69) is 43.9 Å². The van der Waals surface area contributed by atoms with Gasteiger partial charge in [-0.15, -0.1) is 5.92 Å². The average Bonchev–Trinajstić information content (AvgIpc) is 3.36. The second kappa shape index (κ2) is 11.6. The molecule has 0 spiro atoms. The molecular formula is C33H34N4O3. The number of rotatable bonds is 9. The van der Waals surface area contributed by atoms with Crippen LogP contribution in [0.5, 0.6) is 5.75 Å². The zero-order valence-electron chi connectivity index (χ0n) is 23.8. The Morgan fingerprint density at radius 2 is 1.88 bits per heavy atom. The number of carboxylic acids is 1. The van der Waals surface area contributed by atoms with E-state index in [0.29, 0.717) is 12.4 Å². The minimum Gasteiger partial charge on any atom is -0.489 e. The lowest BCUT2D eigenvalue weighted by atomic mass is 9.81. The minimum absolute atomic E-state index is 0.0493. The number of hydrogen-bond acceptors (Lipinski definition) is 5. The average molecular weight is 535 g/mol. The molecule has 7 nitrogen and oxygen atoms in total. The zero-order valence-corrected chi connectivity index (χ0v) is 23.8. The molecule has 0 radical (unpaired) electrons. The Kier molecular flexibility index (Phi) is 8.26. The third-order valence-electron chi connectivity index (χ3n) is 6.98. The van der Waals surface area contributed by atoms with Crippen LogP contribution in [-0.2, 0) is 16.8 Å². The first-order valence-electron chi connectivity index (χ1n) is 13.3. The summed E-state index contributed by atoms with van der Waals surface area (Å²) in [6.07, 6.45) is 1.89. The van der Waals surface area contributed by atoms with E-state index in [0.717, 1.165) is 44.9 Å². The van der Waals surface area contributed by atoms with Gasteiger partial charge in [0.2, 0.25) is 0 Å². The number of benzene rings is 2. The van der Waals surface area contributed by atoms with E-state index in [1.54, 1.807) is 6.92 Å². The molecule has 2 aromatic carbocycles. The van der Waals surface area contributed by atoms with Crippen LogP contribution in [0, 0.1) is 30.1 Å². The van der Waals surface area contributed by atoms with Crippen molar-refractivity contribution < 1.29 is 14.6 Å². The first-order chi connectivity index (χ1) is 19.0. The normalized spacial score (nSPS) is 12.1. The van der Waals surface area contributed by atoms with Crippen molar-refractivity contribution in [2.24, 2.45) is 0 Å². The minimum atomic E-state index is -0.884. The summed E-state index contributed by atoms with van der Waals surface area (Å²) in [4.78, 5) is 16.1. The first kappa shape index (κ1) is 28.4. The van der Waals surface area contributed by atoms with Gasteiger partial charge in [-0.05, 0) is 68.1 Å². The van der Waals surface area contributed by atoms with Gasteiger partial charge in [-0.2, -0.15) is 10.4 Å². The summed E-state index contributed by atoms with van der Waals surface area (Å²) in [5.41, 5.74) is 5.82. The Morgan fingerprint density at radius 1 is 1.15 bits per heavy atom. The molecule has 0 fully saturated rings. The Morgan fingerprint density at radius 3 is 2.50 bits per heavy atom. The molecule has 1 N–H and O–H groups in total. The van der Waals surface area contributed by atoms with Crippen molar-refractivity contribution in [2.45, 2.75) is 71.8 Å². The lowest BCUT2D eigenvalue weighted by molar-refractivity contribution is -0.137. The Bertz CT molecular complexity index is 1650. The molecular weight excluding hydrogens is 500 g/mol. The van der Waals surface area contributed by atoms with Gasteiger partial charge in [-0.1, -0.05) is 50.1 Å². The van der Waals surface area contributed by atoms with E-state index in [1.165, 1.54) is 0 Å². The van der Waals surface area contributed by atoms with Crippen LogP contribution in [-0.4, -0.2) is 25.7 Å². The molecule has 0 amide bonds. The lowest BCUT2D eigenvalue weighted by Gasteiger charge is -2.21. The highest BCUT2D eigenvalue weighted by Crippen LogP contribution is 2.35. The van der Waals surface area contributed by atoms with E-state index >= 15 is 0 Å². The molecule has 0 aliphatic rings. The molecule has 204 valence electrons. The van der Waals surface area contributed by atoms with Crippen molar-refractivity contribution in [3.05, 3.63) is 82.8 Å². The zero-order chi connectivity index (χ0) is 29.0. The molecule has 1 unspecified atom stereocenters. The number of carbonyl (C=O) groups is 1. The highest BCUT2D eigenvalue weighted by molar-refractivity contribution is 5.81. The predicted molar refractivity (Wildman–Crippen MR) is 155 cm³/mol. The first-order valence-corrected chi connectivity index (χ1v) is 13.3. The summed E-state index contributed by atoms with van der Waals surface area (Å²) in [6.45, 7) is 12.0. The molecule has 4 rings (SSSR count). The molecule has 0 aliphatic carbocycles. The summed E-state index contributed by atoms with van der Waals surface area (Å²) in [6, 6.07) is 17.9. The van der Waals surface area contributed by atoms with E-state index < -0.39 is 11.4 Å². The summed E-state index contributed by atoms with van der Waals surface area (Å²) in [5.74, 6) is 6.13. The molecule has 0 bridgehead atoms. The van der Waals surface area contributed by atoms with Crippen molar-refractivity contribution in [1.82, 2.24) is 14.6 Å². The summed E-state index contributed by atoms with van der Waals surface area (Å²) in [7, 11) is 0. The van der Waals surface area contributed by atoms with Gasteiger partial charge >= 0.3 is 5.97 Å². The Balaban J connectivity index is 1.70. The molecule has 7 heteroatoms.